The number of aromatic nitrogens is 2. The van der Waals surface area contributed by atoms with Gasteiger partial charge < -0.3 is 10.6 Å². The van der Waals surface area contributed by atoms with Gasteiger partial charge in [-0.1, -0.05) is 12.1 Å². The number of anilines is 2. The van der Waals surface area contributed by atoms with E-state index in [1.807, 2.05) is 10.9 Å². The first-order valence-electron chi connectivity index (χ1n) is 6.45. The molecule has 0 aliphatic carbocycles. The topological polar surface area (TPSA) is 47.1 Å². The molecule has 2 N–H and O–H groups in total. The Labute approximate surface area is 126 Å². The minimum atomic E-state index is 0.742. The van der Waals surface area contributed by atoms with Gasteiger partial charge in [0.05, 0.1) is 16.3 Å². The van der Waals surface area contributed by atoms with E-state index >= 15 is 0 Å². The van der Waals surface area contributed by atoms with Gasteiger partial charge in [0.2, 0.25) is 0 Å². The summed E-state index contributed by atoms with van der Waals surface area (Å²) in [5, 5.41) is 4.31. The maximum atomic E-state index is 6.00. The average Bonchev–Trinajstić information content (AvgIpc) is 2.71. The molecule has 0 bridgehead atoms. The van der Waals surface area contributed by atoms with Crippen LogP contribution in [0.5, 0.6) is 0 Å². The molecule has 4 nitrogen and oxygen atoms in total. The van der Waals surface area contributed by atoms with Gasteiger partial charge in [0.15, 0.2) is 0 Å². The third-order valence-corrected chi connectivity index (χ3v) is 4.49. The summed E-state index contributed by atoms with van der Waals surface area (Å²) in [5.74, 6) is 0.746. The predicted octanol–water partition coefficient (Wildman–Crippen LogP) is 2.50. The monoisotopic (exact) mass is 368 g/mol. The van der Waals surface area contributed by atoms with Gasteiger partial charge in [-0.05, 0) is 52.6 Å². The number of benzene rings is 1. The summed E-state index contributed by atoms with van der Waals surface area (Å²) in [7, 11) is 2.16. The highest BCUT2D eigenvalue weighted by Crippen LogP contribution is 2.27. The van der Waals surface area contributed by atoms with Gasteiger partial charge in [0.1, 0.15) is 5.82 Å². The van der Waals surface area contributed by atoms with E-state index < -0.39 is 0 Å². The molecule has 1 aromatic carbocycles. The Kier molecular flexibility index (Phi) is 3.38. The van der Waals surface area contributed by atoms with E-state index in [2.05, 4.69) is 57.8 Å². The maximum absolute atomic E-state index is 6.00. The molecule has 0 radical (unpaired) electrons. The number of nitrogens with two attached hydrogens (primary N) is 1. The normalized spacial score (nSPS) is 14.5. The van der Waals surface area contributed by atoms with Crippen LogP contribution in [0.15, 0.2) is 24.4 Å². The lowest BCUT2D eigenvalue weighted by atomic mass is 9.99. The smallest absolute Gasteiger partial charge is 0.135 e. The summed E-state index contributed by atoms with van der Waals surface area (Å²) >= 11 is 2.21. The zero-order chi connectivity index (χ0) is 13.4. The van der Waals surface area contributed by atoms with Crippen molar-refractivity contribution in [1.82, 2.24) is 9.78 Å². The summed E-state index contributed by atoms with van der Waals surface area (Å²) in [6, 6.07) is 6.68. The van der Waals surface area contributed by atoms with Gasteiger partial charge >= 0.3 is 0 Å². The minimum absolute atomic E-state index is 0.742. The Balaban J connectivity index is 1.88. The minimum Gasteiger partial charge on any atom is -0.383 e. The van der Waals surface area contributed by atoms with Crippen molar-refractivity contribution < 1.29 is 0 Å². The standard InChI is InChI=1S/C14H17IN4/c1-18-6-2-3-11-7-10(4-5-13(11)18)9-19-14(16)12(15)8-17-19/h4-5,7-8H,2-3,6,9,16H2,1H3. The molecule has 0 unspecified atom stereocenters. The second kappa shape index (κ2) is 5.03. The third-order valence-electron chi connectivity index (χ3n) is 3.66. The Hall–Kier alpha value is -1.24. The van der Waals surface area contributed by atoms with E-state index in [1.165, 1.54) is 29.7 Å². The molecule has 0 atom stereocenters. The van der Waals surface area contributed by atoms with E-state index in [4.69, 9.17) is 5.73 Å². The molecule has 0 amide bonds. The van der Waals surface area contributed by atoms with Gasteiger partial charge in [-0.15, -0.1) is 0 Å². The van der Waals surface area contributed by atoms with Crippen LogP contribution >= 0.6 is 22.6 Å². The number of hydrogen-bond donors (Lipinski definition) is 1. The SMILES string of the molecule is CN1CCCc2cc(Cn3ncc(I)c3N)ccc21. The molecule has 2 heterocycles. The quantitative estimate of drug-likeness (QED) is 0.829. The van der Waals surface area contributed by atoms with Crippen LogP contribution in [0.25, 0.3) is 0 Å². The van der Waals surface area contributed by atoms with Crippen LogP contribution in [0, 0.1) is 3.57 Å². The van der Waals surface area contributed by atoms with Crippen molar-refractivity contribution in [2.24, 2.45) is 0 Å². The van der Waals surface area contributed by atoms with Crippen LogP contribution in [0.3, 0.4) is 0 Å². The van der Waals surface area contributed by atoms with Crippen molar-refractivity contribution in [2.45, 2.75) is 19.4 Å². The number of rotatable bonds is 2. The van der Waals surface area contributed by atoms with Crippen molar-refractivity contribution in [3.8, 4) is 0 Å². The highest BCUT2D eigenvalue weighted by Gasteiger charge is 2.14. The lowest BCUT2D eigenvalue weighted by Crippen LogP contribution is -2.24. The fourth-order valence-corrected chi connectivity index (χ4v) is 3.01. The number of nitrogen functional groups attached to an aromatic ring is 1. The number of nitrogens with zero attached hydrogens (tertiary/aromatic N) is 3. The predicted molar refractivity (Wildman–Crippen MR) is 86.5 cm³/mol. The highest BCUT2D eigenvalue weighted by molar-refractivity contribution is 14.1. The van der Waals surface area contributed by atoms with E-state index in [-0.39, 0.29) is 0 Å². The molecule has 5 heteroatoms. The lowest BCUT2D eigenvalue weighted by Gasteiger charge is -2.27. The molecular formula is C14H17IN4. The highest BCUT2D eigenvalue weighted by atomic mass is 127. The first-order valence-corrected chi connectivity index (χ1v) is 7.53. The third kappa shape index (κ3) is 2.43. The van der Waals surface area contributed by atoms with Gasteiger partial charge in [-0.3, -0.25) is 0 Å². The number of aryl methyl sites for hydroxylation is 1. The molecular weight excluding hydrogens is 351 g/mol. The van der Waals surface area contributed by atoms with Gasteiger partial charge in [0.25, 0.3) is 0 Å². The summed E-state index contributed by atoms with van der Waals surface area (Å²) in [5.41, 5.74) is 10.1. The summed E-state index contributed by atoms with van der Waals surface area (Å²) < 4.78 is 2.87. The molecule has 100 valence electrons. The number of halogens is 1. The van der Waals surface area contributed by atoms with Crippen molar-refractivity contribution in [1.29, 1.82) is 0 Å². The fourth-order valence-electron chi connectivity index (χ4n) is 2.61. The van der Waals surface area contributed by atoms with Gasteiger partial charge in [-0.2, -0.15) is 5.10 Å². The second-order valence-corrected chi connectivity index (χ2v) is 6.19. The Morgan fingerprint density at radius 3 is 3.00 bits per heavy atom. The van der Waals surface area contributed by atoms with Crippen LogP contribution < -0.4 is 10.6 Å². The Bertz CT molecular complexity index is 605. The van der Waals surface area contributed by atoms with Crippen molar-refractivity contribution in [3.05, 3.63) is 39.1 Å². The van der Waals surface area contributed by atoms with Crippen molar-refractivity contribution in [2.75, 3.05) is 24.2 Å². The molecule has 0 saturated carbocycles. The second-order valence-electron chi connectivity index (χ2n) is 5.02. The zero-order valence-electron chi connectivity index (χ0n) is 10.9. The van der Waals surface area contributed by atoms with Crippen LogP contribution in [0.4, 0.5) is 11.5 Å². The zero-order valence-corrected chi connectivity index (χ0v) is 13.1. The van der Waals surface area contributed by atoms with Gasteiger partial charge in [-0.25, -0.2) is 4.68 Å². The van der Waals surface area contributed by atoms with E-state index in [9.17, 15) is 0 Å². The number of fused-ring (bicyclic) bond motifs is 1. The van der Waals surface area contributed by atoms with E-state index in [0.717, 1.165) is 22.5 Å². The van der Waals surface area contributed by atoms with Crippen molar-refractivity contribution >= 4 is 34.1 Å². The fraction of sp³-hybridized carbons (Fsp3) is 0.357. The molecule has 3 rings (SSSR count). The Morgan fingerprint density at radius 1 is 1.42 bits per heavy atom. The molecule has 1 aliphatic heterocycles. The molecule has 19 heavy (non-hydrogen) atoms. The summed E-state index contributed by atoms with van der Waals surface area (Å²) in [6.45, 7) is 1.89. The molecule has 0 fully saturated rings. The largest absolute Gasteiger partial charge is 0.383 e. The van der Waals surface area contributed by atoms with E-state index in [1.54, 1.807) is 0 Å². The maximum Gasteiger partial charge on any atom is 0.135 e. The molecule has 1 aromatic heterocycles. The van der Waals surface area contributed by atoms with Crippen LogP contribution in [-0.2, 0) is 13.0 Å². The molecule has 1 aliphatic rings. The van der Waals surface area contributed by atoms with Crippen LogP contribution in [-0.4, -0.2) is 23.4 Å². The van der Waals surface area contributed by atoms with Crippen LogP contribution in [0.2, 0.25) is 0 Å². The molecule has 0 saturated heterocycles. The van der Waals surface area contributed by atoms with Gasteiger partial charge in [0, 0.05) is 19.3 Å². The Morgan fingerprint density at radius 2 is 2.26 bits per heavy atom. The van der Waals surface area contributed by atoms with Crippen molar-refractivity contribution in [3.63, 3.8) is 0 Å². The van der Waals surface area contributed by atoms with E-state index in [0.29, 0.717) is 0 Å². The molecule has 2 aromatic rings. The lowest BCUT2D eigenvalue weighted by molar-refractivity contribution is 0.692. The van der Waals surface area contributed by atoms with Crippen LogP contribution in [0.1, 0.15) is 17.5 Å². The molecule has 0 spiro atoms. The summed E-state index contributed by atoms with van der Waals surface area (Å²) in [4.78, 5) is 2.33. The number of hydrogen-bond acceptors (Lipinski definition) is 3. The first kappa shape index (κ1) is 12.8. The average molecular weight is 368 g/mol. The summed E-state index contributed by atoms with van der Waals surface area (Å²) in [6.07, 6.45) is 4.20. The first-order chi connectivity index (χ1) is 9.15.